The van der Waals surface area contributed by atoms with Gasteiger partial charge in [-0.3, -0.25) is 15.1 Å². The first-order valence-corrected chi connectivity index (χ1v) is 10.0. The minimum absolute atomic E-state index is 0.810. The molecule has 5 aromatic rings. The Bertz CT molecular complexity index is 1400. The number of hydrogen-bond donors (Lipinski definition) is 3. The summed E-state index contributed by atoms with van der Waals surface area (Å²) in [6.45, 7) is 1.87. The van der Waals surface area contributed by atoms with Crippen LogP contribution in [0.25, 0.3) is 50.2 Å². The van der Waals surface area contributed by atoms with E-state index in [0.717, 1.165) is 69.8 Å². The summed E-state index contributed by atoms with van der Waals surface area (Å²) in [6.07, 6.45) is 8.68. The zero-order valence-electron chi connectivity index (χ0n) is 16.2. The van der Waals surface area contributed by atoms with Gasteiger partial charge in [-0.2, -0.15) is 5.10 Å². The predicted octanol–water partition coefficient (Wildman–Crippen LogP) is 3.94. The van der Waals surface area contributed by atoms with E-state index in [-0.39, 0.29) is 0 Å². The number of fused-ring (bicyclic) bond motifs is 2. The third kappa shape index (κ3) is 2.79. The van der Waals surface area contributed by atoms with E-state index in [0.29, 0.717) is 0 Å². The summed E-state index contributed by atoms with van der Waals surface area (Å²) in [5.74, 6) is 0. The van der Waals surface area contributed by atoms with Crippen LogP contribution >= 0.6 is 0 Å². The summed E-state index contributed by atoms with van der Waals surface area (Å²) in [4.78, 5) is 17.3. The molecule has 0 fully saturated rings. The van der Waals surface area contributed by atoms with Crippen LogP contribution in [0.3, 0.4) is 0 Å². The number of nitrogens with one attached hydrogen (secondary N) is 3. The highest BCUT2D eigenvalue weighted by Crippen LogP contribution is 2.32. The third-order valence-electron chi connectivity index (χ3n) is 5.54. The van der Waals surface area contributed by atoms with Crippen LogP contribution in [0.1, 0.15) is 12.1 Å². The van der Waals surface area contributed by atoms with Gasteiger partial charge in [-0.25, -0.2) is 4.98 Å². The molecule has 0 saturated heterocycles. The van der Waals surface area contributed by atoms with Crippen LogP contribution in [0.2, 0.25) is 0 Å². The lowest BCUT2D eigenvalue weighted by Gasteiger charge is -2.13. The van der Waals surface area contributed by atoms with E-state index in [4.69, 9.17) is 4.98 Å². The van der Waals surface area contributed by atoms with Gasteiger partial charge in [0.2, 0.25) is 0 Å². The Hall–Kier alpha value is -3.84. The Kier molecular flexibility index (Phi) is 3.92. The van der Waals surface area contributed by atoms with Gasteiger partial charge in [-0.05, 0) is 48.9 Å². The third-order valence-corrected chi connectivity index (χ3v) is 5.54. The zero-order chi connectivity index (χ0) is 19.9. The molecule has 0 atom stereocenters. The van der Waals surface area contributed by atoms with Crippen molar-refractivity contribution in [1.82, 2.24) is 35.5 Å². The fourth-order valence-corrected chi connectivity index (χ4v) is 4.03. The van der Waals surface area contributed by atoms with Gasteiger partial charge in [-0.15, -0.1) is 0 Å². The second-order valence-electron chi connectivity index (χ2n) is 7.39. The van der Waals surface area contributed by atoms with E-state index < -0.39 is 0 Å². The zero-order valence-corrected chi connectivity index (χ0v) is 16.2. The lowest BCUT2D eigenvalue weighted by atomic mass is 10.0. The molecule has 0 bridgehead atoms. The standard InChI is InChI=1S/C23H19N7/c1-2-8-26-18(3-1)16-12-25-13-21-15(16)11-20(27-21)23-22-19(29-30-23)5-4-17(28-22)14-6-9-24-10-7-14/h1-6,8,11-13,24,27H,7,9-10H2,(H,29,30). The summed E-state index contributed by atoms with van der Waals surface area (Å²) in [5, 5.41) is 12.1. The fourth-order valence-electron chi connectivity index (χ4n) is 4.03. The van der Waals surface area contributed by atoms with Crippen molar-refractivity contribution in [3.63, 3.8) is 0 Å². The lowest BCUT2D eigenvalue weighted by Crippen LogP contribution is -2.20. The molecule has 7 heteroatoms. The maximum absolute atomic E-state index is 4.95. The molecule has 0 radical (unpaired) electrons. The van der Waals surface area contributed by atoms with E-state index in [9.17, 15) is 0 Å². The van der Waals surface area contributed by atoms with E-state index in [1.54, 1.807) is 6.20 Å². The molecule has 0 aliphatic carbocycles. The highest BCUT2D eigenvalue weighted by Gasteiger charge is 2.16. The van der Waals surface area contributed by atoms with Gasteiger partial charge in [0.15, 0.2) is 0 Å². The number of aromatic nitrogens is 6. The molecule has 0 unspecified atom stereocenters. The fraction of sp³-hybridized carbons (Fsp3) is 0.130. The molecule has 6 heterocycles. The molecule has 0 spiro atoms. The molecule has 5 aromatic heterocycles. The van der Waals surface area contributed by atoms with Crippen molar-refractivity contribution in [2.45, 2.75) is 6.42 Å². The van der Waals surface area contributed by atoms with Gasteiger partial charge in [0.25, 0.3) is 0 Å². The Labute approximate surface area is 172 Å². The van der Waals surface area contributed by atoms with Gasteiger partial charge in [-0.1, -0.05) is 12.1 Å². The molecule has 3 N–H and O–H groups in total. The van der Waals surface area contributed by atoms with E-state index in [1.165, 1.54) is 5.57 Å². The predicted molar refractivity (Wildman–Crippen MR) is 118 cm³/mol. The van der Waals surface area contributed by atoms with Crippen LogP contribution < -0.4 is 5.32 Å². The van der Waals surface area contributed by atoms with Crippen LogP contribution in [-0.4, -0.2) is 43.2 Å². The average molecular weight is 393 g/mol. The van der Waals surface area contributed by atoms with Crippen molar-refractivity contribution in [1.29, 1.82) is 0 Å². The minimum atomic E-state index is 0.810. The number of nitrogens with zero attached hydrogens (tertiary/aromatic N) is 4. The van der Waals surface area contributed by atoms with Crippen molar-refractivity contribution < 1.29 is 0 Å². The van der Waals surface area contributed by atoms with E-state index in [2.05, 4.69) is 54.7 Å². The maximum Gasteiger partial charge on any atom is 0.135 e. The smallest absolute Gasteiger partial charge is 0.135 e. The quantitative estimate of drug-likeness (QED) is 0.432. The lowest BCUT2D eigenvalue weighted by molar-refractivity contribution is 0.737. The average Bonchev–Trinajstić information content (AvgIpc) is 3.43. The van der Waals surface area contributed by atoms with Gasteiger partial charge in [0.1, 0.15) is 11.2 Å². The molecule has 146 valence electrons. The number of aromatic amines is 2. The number of hydrogen-bond acceptors (Lipinski definition) is 5. The molecule has 6 rings (SSSR count). The first-order valence-electron chi connectivity index (χ1n) is 10.0. The summed E-state index contributed by atoms with van der Waals surface area (Å²) in [6, 6.07) is 12.1. The first-order chi connectivity index (χ1) is 14.9. The highest BCUT2D eigenvalue weighted by atomic mass is 15.1. The monoisotopic (exact) mass is 393 g/mol. The summed E-state index contributed by atoms with van der Waals surface area (Å²) < 4.78 is 0. The molecular weight excluding hydrogens is 374 g/mol. The summed E-state index contributed by atoms with van der Waals surface area (Å²) >= 11 is 0. The van der Waals surface area contributed by atoms with Crippen molar-refractivity contribution in [3.05, 3.63) is 66.8 Å². The molecular formula is C23H19N7. The largest absolute Gasteiger partial charge is 0.352 e. The highest BCUT2D eigenvalue weighted by molar-refractivity contribution is 5.99. The van der Waals surface area contributed by atoms with Gasteiger partial charge >= 0.3 is 0 Å². The molecule has 7 nitrogen and oxygen atoms in total. The van der Waals surface area contributed by atoms with Crippen LogP contribution in [0.5, 0.6) is 0 Å². The normalized spacial score (nSPS) is 14.3. The van der Waals surface area contributed by atoms with Crippen molar-refractivity contribution >= 4 is 27.5 Å². The molecule has 0 aromatic carbocycles. The number of rotatable bonds is 3. The molecule has 1 aliphatic heterocycles. The summed E-state index contributed by atoms with van der Waals surface area (Å²) in [7, 11) is 0. The molecule has 1 aliphatic rings. The van der Waals surface area contributed by atoms with E-state index >= 15 is 0 Å². The Balaban J connectivity index is 1.50. The van der Waals surface area contributed by atoms with E-state index in [1.807, 2.05) is 30.6 Å². The van der Waals surface area contributed by atoms with Gasteiger partial charge < -0.3 is 10.3 Å². The second-order valence-corrected chi connectivity index (χ2v) is 7.39. The van der Waals surface area contributed by atoms with Crippen molar-refractivity contribution in [3.8, 4) is 22.6 Å². The number of pyridine rings is 3. The maximum atomic E-state index is 4.95. The second kappa shape index (κ2) is 6.89. The van der Waals surface area contributed by atoms with Crippen molar-refractivity contribution in [2.24, 2.45) is 0 Å². The Morgan fingerprint density at radius 3 is 2.83 bits per heavy atom. The molecule has 30 heavy (non-hydrogen) atoms. The van der Waals surface area contributed by atoms with Crippen LogP contribution in [0, 0.1) is 0 Å². The van der Waals surface area contributed by atoms with Gasteiger partial charge in [0, 0.05) is 29.9 Å². The first kappa shape index (κ1) is 17.1. The summed E-state index contributed by atoms with van der Waals surface area (Å²) in [5.41, 5.74) is 8.63. The minimum Gasteiger partial charge on any atom is -0.352 e. The topological polar surface area (TPSA) is 95.2 Å². The van der Waals surface area contributed by atoms with Crippen LogP contribution in [0.4, 0.5) is 0 Å². The van der Waals surface area contributed by atoms with Crippen LogP contribution in [0.15, 0.2) is 61.1 Å². The molecule has 0 amide bonds. The molecule has 0 saturated carbocycles. The van der Waals surface area contributed by atoms with Crippen LogP contribution in [-0.2, 0) is 0 Å². The SMILES string of the molecule is C1=C(c2ccc3[nH]nc(-c4cc5c(-c6ccccn6)cncc5[nH]4)c3n2)CCNC1. The Morgan fingerprint density at radius 1 is 0.967 bits per heavy atom. The van der Waals surface area contributed by atoms with Gasteiger partial charge in [0.05, 0.1) is 34.3 Å². The Morgan fingerprint density at radius 2 is 1.97 bits per heavy atom. The van der Waals surface area contributed by atoms with Crippen molar-refractivity contribution in [2.75, 3.05) is 13.1 Å². The number of H-pyrrole nitrogens is 2.